The van der Waals surface area contributed by atoms with Crippen LogP contribution in [-0.2, 0) is 9.47 Å². The first kappa shape index (κ1) is 11.9. The highest BCUT2D eigenvalue weighted by Crippen LogP contribution is 2.22. The highest BCUT2D eigenvalue weighted by molar-refractivity contribution is 5.92. The van der Waals surface area contributed by atoms with E-state index in [0.29, 0.717) is 24.5 Å². The van der Waals surface area contributed by atoms with Crippen LogP contribution in [0.1, 0.15) is 23.2 Å². The summed E-state index contributed by atoms with van der Waals surface area (Å²) in [5.41, 5.74) is 0.411. The summed E-state index contributed by atoms with van der Waals surface area (Å²) in [6.45, 7) is 1.39. The van der Waals surface area contributed by atoms with Crippen molar-refractivity contribution >= 4 is 5.97 Å². The van der Waals surface area contributed by atoms with Crippen molar-refractivity contribution in [1.82, 2.24) is 4.98 Å². The average molecular weight is 237 g/mol. The van der Waals surface area contributed by atoms with E-state index in [0.717, 1.165) is 12.8 Å². The molecule has 0 atom stereocenters. The Hall–Kier alpha value is -1.62. The lowest BCUT2D eigenvalue weighted by molar-refractivity contribution is 0.0244. The van der Waals surface area contributed by atoms with Gasteiger partial charge in [-0.15, -0.1) is 0 Å². The molecule has 1 aliphatic rings. The van der Waals surface area contributed by atoms with Crippen LogP contribution in [-0.4, -0.2) is 37.4 Å². The molecule has 1 aromatic heterocycles. The fourth-order valence-corrected chi connectivity index (χ4v) is 1.73. The molecule has 0 unspecified atom stereocenters. The van der Waals surface area contributed by atoms with Crippen molar-refractivity contribution in [3.63, 3.8) is 0 Å². The van der Waals surface area contributed by atoms with Crippen molar-refractivity contribution in [3.8, 4) is 5.75 Å². The normalized spacial score (nSPS) is 16.5. The van der Waals surface area contributed by atoms with Crippen molar-refractivity contribution in [3.05, 3.63) is 24.0 Å². The van der Waals surface area contributed by atoms with Gasteiger partial charge >= 0.3 is 5.97 Å². The third kappa shape index (κ3) is 2.94. The second-order valence-corrected chi connectivity index (χ2v) is 3.79. The summed E-state index contributed by atoms with van der Waals surface area (Å²) in [6.07, 6.45) is 4.83. The van der Waals surface area contributed by atoms with Gasteiger partial charge in [0.2, 0.25) is 0 Å². The highest BCUT2D eigenvalue weighted by Gasteiger charge is 2.19. The van der Waals surface area contributed by atoms with Crippen LogP contribution in [0.4, 0.5) is 0 Å². The number of ether oxygens (including phenoxy) is 3. The topological polar surface area (TPSA) is 57.7 Å². The molecule has 0 aliphatic carbocycles. The minimum Gasteiger partial charge on any atom is -0.488 e. The van der Waals surface area contributed by atoms with Crippen molar-refractivity contribution < 1.29 is 19.0 Å². The van der Waals surface area contributed by atoms with E-state index in [2.05, 4.69) is 4.98 Å². The Kier molecular flexibility index (Phi) is 3.93. The maximum absolute atomic E-state index is 11.5. The number of hydrogen-bond donors (Lipinski definition) is 0. The summed E-state index contributed by atoms with van der Waals surface area (Å²) in [4.78, 5) is 15.5. The number of rotatable bonds is 3. The Morgan fingerprint density at radius 3 is 2.94 bits per heavy atom. The first-order valence-corrected chi connectivity index (χ1v) is 5.58. The average Bonchev–Trinajstić information content (AvgIpc) is 2.40. The number of carbonyl (C=O) groups is 1. The summed E-state index contributed by atoms with van der Waals surface area (Å²) in [5, 5.41) is 0. The van der Waals surface area contributed by atoms with Gasteiger partial charge in [-0.1, -0.05) is 0 Å². The molecule has 0 N–H and O–H groups in total. The van der Waals surface area contributed by atoms with Gasteiger partial charge in [0.05, 0.1) is 26.5 Å². The van der Waals surface area contributed by atoms with Gasteiger partial charge in [0, 0.05) is 19.0 Å². The molecule has 17 heavy (non-hydrogen) atoms. The van der Waals surface area contributed by atoms with E-state index in [9.17, 15) is 4.79 Å². The van der Waals surface area contributed by atoms with Crippen molar-refractivity contribution in [2.24, 2.45) is 0 Å². The van der Waals surface area contributed by atoms with E-state index >= 15 is 0 Å². The predicted octanol–water partition coefficient (Wildman–Crippen LogP) is 1.43. The predicted molar refractivity (Wildman–Crippen MR) is 60.0 cm³/mol. The molecular weight excluding hydrogens is 222 g/mol. The number of pyridine rings is 1. The van der Waals surface area contributed by atoms with Gasteiger partial charge in [-0.25, -0.2) is 4.79 Å². The largest absolute Gasteiger partial charge is 0.488 e. The Bertz CT molecular complexity index is 388. The van der Waals surface area contributed by atoms with Crippen LogP contribution in [0.3, 0.4) is 0 Å². The zero-order valence-corrected chi connectivity index (χ0v) is 9.72. The molecule has 2 rings (SSSR count). The molecule has 1 aliphatic heterocycles. The van der Waals surface area contributed by atoms with E-state index < -0.39 is 5.97 Å². The molecule has 1 fully saturated rings. The second-order valence-electron chi connectivity index (χ2n) is 3.79. The maximum Gasteiger partial charge on any atom is 0.341 e. The molecule has 92 valence electrons. The van der Waals surface area contributed by atoms with Crippen LogP contribution in [0, 0.1) is 0 Å². The summed E-state index contributed by atoms with van der Waals surface area (Å²) in [7, 11) is 1.35. The second kappa shape index (κ2) is 5.63. The van der Waals surface area contributed by atoms with Gasteiger partial charge < -0.3 is 14.2 Å². The molecule has 0 amide bonds. The van der Waals surface area contributed by atoms with Gasteiger partial charge in [-0.05, 0) is 6.07 Å². The van der Waals surface area contributed by atoms with Crippen LogP contribution >= 0.6 is 0 Å². The SMILES string of the molecule is COC(=O)c1ccncc1OC1CCOCC1. The summed E-state index contributed by atoms with van der Waals surface area (Å²) < 4.78 is 15.7. The lowest BCUT2D eigenvalue weighted by atomic mass is 10.1. The number of nitrogens with zero attached hydrogens (tertiary/aromatic N) is 1. The van der Waals surface area contributed by atoms with Gasteiger partial charge in [0.25, 0.3) is 0 Å². The number of methoxy groups -OCH3 is 1. The van der Waals surface area contributed by atoms with Crippen LogP contribution in [0.25, 0.3) is 0 Å². The number of carbonyl (C=O) groups excluding carboxylic acids is 1. The van der Waals surface area contributed by atoms with E-state index in [1.54, 1.807) is 18.5 Å². The molecule has 5 heteroatoms. The zero-order chi connectivity index (χ0) is 12.1. The lowest BCUT2D eigenvalue weighted by Gasteiger charge is -2.23. The summed E-state index contributed by atoms with van der Waals surface area (Å²) in [5.74, 6) is 0.0701. The molecular formula is C12H15NO4. The molecule has 0 radical (unpaired) electrons. The van der Waals surface area contributed by atoms with Crippen molar-refractivity contribution in [2.75, 3.05) is 20.3 Å². The van der Waals surface area contributed by atoms with Gasteiger partial charge in [0.15, 0.2) is 5.75 Å². The third-order valence-electron chi connectivity index (χ3n) is 2.65. The van der Waals surface area contributed by atoms with Crippen LogP contribution in [0.5, 0.6) is 5.75 Å². The molecule has 2 heterocycles. The van der Waals surface area contributed by atoms with Crippen LogP contribution in [0.2, 0.25) is 0 Å². The molecule has 5 nitrogen and oxygen atoms in total. The van der Waals surface area contributed by atoms with Crippen molar-refractivity contribution in [1.29, 1.82) is 0 Å². The van der Waals surface area contributed by atoms with Crippen LogP contribution in [0.15, 0.2) is 18.5 Å². The smallest absolute Gasteiger partial charge is 0.341 e. The Labute approximate surface area is 99.7 Å². The Balaban J connectivity index is 2.11. The van der Waals surface area contributed by atoms with Gasteiger partial charge in [0.1, 0.15) is 11.7 Å². The third-order valence-corrected chi connectivity index (χ3v) is 2.65. The minimum atomic E-state index is -0.408. The Morgan fingerprint density at radius 1 is 1.47 bits per heavy atom. The van der Waals surface area contributed by atoms with Crippen LogP contribution < -0.4 is 4.74 Å². The minimum absolute atomic E-state index is 0.0800. The van der Waals surface area contributed by atoms with E-state index in [1.807, 2.05) is 0 Å². The summed E-state index contributed by atoms with van der Waals surface area (Å²) in [6, 6.07) is 1.60. The highest BCUT2D eigenvalue weighted by atomic mass is 16.5. The molecule has 1 saturated heterocycles. The molecule has 0 saturated carbocycles. The molecule has 0 aromatic carbocycles. The maximum atomic E-state index is 11.5. The van der Waals surface area contributed by atoms with Gasteiger partial charge in [-0.2, -0.15) is 0 Å². The fourth-order valence-electron chi connectivity index (χ4n) is 1.73. The first-order valence-electron chi connectivity index (χ1n) is 5.58. The number of esters is 1. The molecule has 1 aromatic rings. The first-order chi connectivity index (χ1) is 8.31. The van der Waals surface area contributed by atoms with E-state index in [4.69, 9.17) is 14.2 Å². The lowest BCUT2D eigenvalue weighted by Crippen LogP contribution is -2.26. The Morgan fingerprint density at radius 2 is 2.24 bits per heavy atom. The van der Waals surface area contributed by atoms with Crippen molar-refractivity contribution in [2.45, 2.75) is 18.9 Å². The quantitative estimate of drug-likeness (QED) is 0.744. The standard InChI is InChI=1S/C12H15NO4/c1-15-12(14)10-2-5-13-8-11(10)17-9-3-6-16-7-4-9/h2,5,8-9H,3-4,6-7H2,1H3. The molecule has 0 bridgehead atoms. The summed E-state index contributed by atoms with van der Waals surface area (Å²) >= 11 is 0. The number of aromatic nitrogens is 1. The van der Waals surface area contributed by atoms with E-state index in [1.165, 1.54) is 7.11 Å². The monoisotopic (exact) mass is 237 g/mol. The van der Waals surface area contributed by atoms with Gasteiger partial charge in [-0.3, -0.25) is 4.98 Å². The number of hydrogen-bond acceptors (Lipinski definition) is 5. The molecule has 0 spiro atoms. The zero-order valence-electron chi connectivity index (χ0n) is 9.72. The van der Waals surface area contributed by atoms with E-state index in [-0.39, 0.29) is 6.10 Å². The fraction of sp³-hybridized carbons (Fsp3) is 0.500.